The Morgan fingerprint density at radius 1 is 1.25 bits per heavy atom. The van der Waals surface area contributed by atoms with Crippen LogP contribution in [0.3, 0.4) is 0 Å². The second-order valence-electron chi connectivity index (χ2n) is 5.63. The third-order valence-corrected chi connectivity index (χ3v) is 4.05. The average molecular weight is 325 g/mol. The van der Waals surface area contributed by atoms with Crippen molar-refractivity contribution in [2.45, 2.75) is 18.7 Å². The molecule has 0 saturated carbocycles. The molecule has 2 atom stereocenters. The highest BCUT2D eigenvalue weighted by atomic mass is 16.5. The Kier molecular flexibility index (Phi) is 4.86. The number of nitrogens with one attached hydrogen (secondary N) is 1. The van der Waals surface area contributed by atoms with E-state index in [0.717, 1.165) is 11.3 Å². The lowest BCUT2D eigenvalue weighted by molar-refractivity contribution is -0.162. The third kappa shape index (κ3) is 3.44. The number of amides is 2. The molecule has 0 unspecified atom stereocenters. The van der Waals surface area contributed by atoms with Crippen molar-refractivity contribution in [1.82, 2.24) is 15.2 Å². The lowest BCUT2D eigenvalue weighted by atomic mass is 9.97. The standard InChI is InChI=1S/C18H19N3O3/c1-21-15(22)12-24-17(16(21)13-7-3-2-4-8-13)18(23)20-11-14-9-5-6-10-19-14/h2-10,16-17H,11-12H2,1H3,(H,20,23)/t16-,17-/m0/s1. The average Bonchev–Trinajstić information content (AvgIpc) is 2.63. The quantitative estimate of drug-likeness (QED) is 0.920. The number of rotatable bonds is 4. The van der Waals surface area contributed by atoms with Gasteiger partial charge in [-0.1, -0.05) is 36.4 Å². The summed E-state index contributed by atoms with van der Waals surface area (Å²) < 4.78 is 5.55. The van der Waals surface area contributed by atoms with Crippen molar-refractivity contribution in [2.24, 2.45) is 0 Å². The number of morpholine rings is 1. The second kappa shape index (κ2) is 7.23. The smallest absolute Gasteiger partial charge is 0.252 e. The lowest BCUT2D eigenvalue weighted by Crippen LogP contribution is -2.52. The summed E-state index contributed by atoms with van der Waals surface area (Å²) in [6.07, 6.45) is 0.927. The maximum Gasteiger partial charge on any atom is 0.252 e. The summed E-state index contributed by atoms with van der Waals surface area (Å²) in [6.45, 7) is 0.222. The van der Waals surface area contributed by atoms with Crippen molar-refractivity contribution in [3.05, 3.63) is 66.0 Å². The van der Waals surface area contributed by atoms with Crippen LogP contribution < -0.4 is 5.32 Å². The fourth-order valence-electron chi connectivity index (χ4n) is 2.76. The van der Waals surface area contributed by atoms with Crippen LogP contribution in [0, 0.1) is 0 Å². The van der Waals surface area contributed by atoms with E-state index >= 15 is 0 Å². The first-order chi connectivity index (χ1) is 11.7. The first kappa shape index (κ1) is 16.1. The van der Waals surface area contributed by atoms with E-state index < -0.39 is 12.1 Å². The maximum atomic E-state index is 12.6. The van der Waals surface area contributed by atoms with Gasteiger partial charge in [0.2, 0.25) is 5.91 Å². The minimum atomic E-state index is -0.751. The van der Waals surface area contributed by atoms with Gasteiger partial charge >= 0.3 is 0 Å². The molecule has 1 fully saturated rings. The van der Waals surface area contributed by atoms with Crippen molar-refractivity contribution in [1.29, 1.82) is 0 Å². The molecule has 1 aromatic carbocycles. The molecule has 1 N–H and O–H groups in total. The van der Waals surface area contributed by atoms with E-state index in [1.54, 1.807) is 18.1 Å². The number of likely N-dealkylation sites (N-methyl/N-ethyl adjacent to an activating group) is 1. The van der Waals surface area contributed by atoms with Crippen molar-refractivity contribution in [2.75, 3.05) is 13.7 Å². The Bertz CT molecular complexity index is 706. The number of carbonyl (C=O) groups is 2. The summed E-state index contributed by atoms with van der Waals surface area (Å²) in [7, 11) is 1.70. The van der Waals surface area contributed by atoms with Gasteiger partial charge in [0.15, 0.2) is 6.10 Å². The summed E-state index contributed by atoms with van der Waals surface area (Å²) in [5.41, 5.74) is 1.63. The molecule has 6 nitrogen and oxygen atoms in total. The first-order valence-electron chi connectivity index (χ1n) is 7.76. The van der Waals surface area contributed by atoms with Gasteiger partial charge in [0.1, 0.15) is 6.61 Å². The fourth-order valence-corrected chi connectivity index (χ4v) is 2.76. The molecule has 1 aliphatic heterocycles. The van der Waals surface area contributed by atoms with Gasteiger partial charge in [-0.2, -0.15) is 0 Å². The first-order valence-corrected chi connectivity index (χ1v) is 7.76. The van der Waals surface area contributed by atoms with Gasteiger partial charge < -0.3 is 15.0 Å². The number of ether oxygens (including phenoxy) is 1. The Morgan fingerprint density at radius 3 is 2.71 bits per heavy atom. The summed E-state index contributed by atoms with van der Waals surface area (Å²) in [6, 6.07) is 14.5. The summed E-state index contributed by atoms with van der Waals surface area (Å²) in [4.78, 5) is 30.3. The molecule has 3 rings (SSSR count). The Balaban J connectivity index is 1.76. The fraction of sp³-hybridized carbons (Fsp3) is 0.278. The molecule has 0 bridgehead atoms. The van der Waals surface area contributed by atoms with E-state index in [4.69, 9.17) is 4.74 Å². The molecule has 24 heavy (non-hydrogen) atoms. The number of pyridine rings is 1. The topological polar surface area (TPSA) is 71.5 Å². The van der Waals surface area contributed by atoms with Gasteiger partial charge in [-0.15, -0.1) is 0 Å². The second-order valence-corrected chi connectivity index (χ2v) is 5.63. The number of hydrogen-bond donors (Lipinski definition) is 1. The molecule has 0 spiro atoms. The van der Waals surface area contributed by atoms with Crippen LogP contribution in [-0.4, -0.2) is 41.5 Å². The van der Waals surface area contributed by atoms with Crippen LogP contribution in [0.15, 0.2) is 54.7 Å². The molecule has 1 aromatic heterocycles. The van der Waals surface area contributed by atoms with Crippen LogP contribution in [0.5, 0.6) is 0 Å². The molecule has 6 heteroatoms. The van der Waals surface area contributed by atoms with E-state index in [0.29, 0.717) is 6.54 Å². The molecule has 2 amide bonds. The Labute approximate surface area is 140 Å². The zero-order chi connectivity index (χ0) is 16.9. The van der Waals surface area contributed by atoms with Crippen LogP contribution in [0.1, 0.15) is 17.3 Å². The zero-order valence-corrected chi connectivity index (χ0v) is 13.4. The lowest BCUT2D eigenvalue weighted by Gasteiger charge is -2.38. The van der Waals surface area contributed by atoms with Crippen LogP contribution in [0.25, 0.3) is 0 Å². The molecule has 124 valence electrons. The van der Waals surface area contributed by atoms with Crippen LogP contribution >= 0.6 is 0 Å². The number of aromatic nitrogens is 1. The van der Waals surface area contributed by atoms with E-state index in [1.165, 1.54) is 0 Å². The van der Waals surface area contributed by atoms with Gasteiger partial charge in [-0.25, -0.2) is 0 Å². The predicted octanol–water partition coefficient (Wildman–Crippen LogP) is 1.30. The van der Waals surface area contributed by atoms with E-state index in [9.17, 15) is 9.59 Å². The molecule has 2 aromatic rings. The Hall–Kier alpha value is -2.73. The molecule has 1 aliphatic rings. The molecular formula is C18H19N3O3. The van der Waals surface area contributed by atoms with Gasteiger partial charge in [-0.05, 0) is 17.7 Å². The summed E-state index contributed by atoms with van der Waals surface area (Å²) >= 11 is 0. The molecule has 0 radical (unpaired) electrons. The van der Waals surface area contributed by atoms with Gasteiger partial charge in [0.05, 0.1) is 18.3 Å². The number of nitrogens with zero attached hydrogens (tertiary/aromatic N) is 2. The summed E-state index contributed by atoms with van der Waals surface area (Å²) in [5, 5.41) is 2.84. The molecule has 2 heterocycles. The highest BCUT2D eigenvalue weighted by molar-refractivity contribution is 5.86. The van der Waals surface area contributed by atoms with Crippen LogP contribution in [0.4, 0.5) is 0 Å². The van der Waals surface area contributed by atoms with E-state index in [-0.39, 0.29) is 18.4 Å². The third-order valence-electron chi connectivity index (χ3n) is 4.05. The number of benzene rings is 1. The molecule has 0 aliphatic carbocycles. The molecular weight excluding hydrogens is 306 g/mol. The predicted molar refractivity (Wildman–Crippen MR) is 87.8 cm³/mol. The highest BCUT2D eigenvalue weighted by Crippen LogP contribution is 2.29. The van der Waals surface area contributed by atoms with E-state index in [1.807, 2.05) is 48.5 Å². The SMILES string of the molecule is CN1C(=O)CO[C@H](C(=O)NCc2ccccn2)[C@@H]1c1ccccc1. The van der Waals surface area contributed by atoms with Crippen LogP contribution in [0.2, 0.25) is 0 Å². The van der Waals surface area contributed by atoms with Crippen molar-refractivity contribution >= 4 is 11.8 Å². The largest absolute Gasteiger partial charge is 0.356 e. The Morgan fingerprint density at radius 2 is 2.00 bits per heavy atom. The monoisotopic (exact) mass is 325 g/mol. The van der Waals surface area contributed by atoms with Gasteiger partial charge in [-0.3, -0.25) is 14.6 Å². The van der Waals surface area contributed by atoms with Gasteiger partial charge in [0, 0.05) is 13.2 Å². The maximum absolute atomic E-state index is 12.6. The van der Waals surface area contributed by atoms with Crippen molar-refractivity contribution in [3.63, 3.8) is 0 Å². The number of carbonyl (C=O) groups excluding carboxylic acids is 2. The van der Waals surface area contributed by atoms with Crippen molar-refractivity contribution in [3.8, 4) is 0 Å². The normalized spacial score (nSPS) is 20.7. The highest BCUT2D eigenvalue weighted by Gasteiger charge is 2.39. The van der Waals surface area contributed by atoms with Crippen molar-refractivity contribution < 1.29 is 14.3 Å². The zero-order valence-electron chi connectivity index (χ0n) is 13.4. The van der Waals surface area contributed by atoms with Gasteiger partial charge in [0.25, 0.3) is 5.91 Å². The summed E-state index contributed by atoms with van der Waals surface area (Å²) in [5.74, 6) is -0.397. The molecule has 1 saturated heterocycles. The van der Waals surface area contributed by atoms with E-state index in [2.05, 4.69) is 10.3 Å². The minimum absolute atomic E-state index is 0.0957. The van der Waals surface area contributed by atoms with Crippen LogP contribution in [-0.2, 0) is 20.9 Å². The minimum Gasteiger partial charge on any atom is -0.356 e. The number of hydrogen-bond acceptors (Lipinski definition) is 4.